The van der Waals surface area contributed by atoms with Crippen LogP contribution in [0.1, 0.15) is 40.0 Å². The Morgan fingerprint density at radius 2 is 2.14 bits per heavy atom. The third-order valence-corrected chi connectivity index (χ3v) is 2.26. The molecule has 80 valence electrons. The van der Waals surface area contributed by atoms with Crippen LogP contribution in [0.25, 0.3) is 0 Å². The smallest absolute Gasteiger partial charge is 0.323 e. The molecule has 0 aliphatic rings. The molecular formula is C11H19NO2. The molecule has 3 heteroatoms. The maximum absolute atomic E-state index is 11.3. The average molecular weight is 197 g/mol. The van der Waals surface area contributed by atoms with Crippen LogP contribution >= 0.6 is 0 Å². The molecule has 0 saturated heterocycles. The van der Waals surface area contributed by atoms with E-state index in [1.165, 1.54) is 0 Å². The van der Waals surface area contributed by atoms with Crippen molar-refractivity contribution in [1.82, 2.24) is 0 Å². The molecule has 0 aromatic heterocycles. The van der Waals surface area contributed by atoms with Crippen LogP contribution in [0.3, 0.4) is 0 Å². The number of esters is 1. The van der Waals surface area contributed by atoms with Crippen molar-refractivity contribution < 1.29 is 9.53 Å². The Morgan fingerprint density at radius 1 is 1.50 bits per heavy atom. The van der Waals surface area contributed by atoms with Crippen LogP contribution in [0.4, 0.5) is 0 Å². The van der Waals surface area contributed by atoms with Gasteiger partial charge in [0.25, 0.3) is 0 Å². The van der Waals surface area contributed by atoms with Crippen molar-refractivity contribution in [3.8, 4) is 6.07 Å². The molecule has 0 bridgehead atoms. The van der Waals surface area contributed by atoms with E-state index in [0.29, 0.717) is 6.61 Å². The summed E-state index contributed by atoms with van der Waals surface area (Å²) >= 11 is 0. The third-order valence-electron chi connectivity index (χ3n) is 2.26. The first-order valence-corrected chi connectivity index (χ1v) is 5.23. The number of carbonyl (C=O) groups is 1. The van der Waals surface area contributed by atoms with Crippen molar-refractivity contribution in [2.24, 2.45) is 11.8 Å². The molecule has 0 aromatic carbocycles. The Bertz CT molecular complexity index is 208. The van der Waals surface area contributed by atoms with E-state index in [4.69, 9.17) is 10.00 Å². The normalized spacial score (nSPS) is 14.1. The third kappa shape index (κ3) is 4.27. The molecule has 14 heavy (non-hydrogen) atoms. The number of hydrogen-bond acceptors (Lipinski definition) is 3. The molecule has 0 saturated carbocycles. The summed E-state index contributed by atoms with van der Waals surface area (Å²) in [6.07, 6.45) is 3.05. The van der Waals surface area contributed by atoms with Crippen LogP contribution in [0.5, 0.6) is 0 Å². The summed E-state index contributed by atoms with van der Waals surface area (Å²) in [5.41, 5.74) is 0. The standard InChI is InChI=1S/C11H19NO2/c1-4-6-7-9(3)10(8-12)11(13)14-5-2/h9-10H,4-7H2,1-3H3. The Balaban J connectivity index is 4.12. The second-order valence-corrected chi connectivity index (χ2v) is 3.48. The van der Waals surface area contributed by atoms with Crippen LogP contribution in [-0.4, -0.2) is 12.6 Å². The van der Waals surface area contributed by atoms with Crippen molar-refractivity contribution in [2.75, 3.05) is 6.61 Å². The van der Waals surface area contributed by atoms with E-state index in [9.17, 15) is 4.79 Å². The number of ether oxygens (including phenoxy) is 1. The first kappa shape index (κ1) is 13.0. The summed E-state index contributed by atoms with van der Waals surface area (Å²) in [5, 5.41) is 8.84. The fraction of sp³-hybridized carbons (Fsp3) is 0.818. The fourth-order valence-electron chi connectivity index (χ4n) is 1.34. The molecule has 0 fully saturated rings. The van der Waals surface area contributed by atoms with Gasteiger partial charge in [-0.2, -0.15) is 5.26 Å². The molecule has 0 rings (SSSR count). The highest BCUT2D eigenvalue weighted by Gasteiger charge is 2.25. The Labute approximate surface area is 86.1 Å². The topological polar surface area (TPSA) is 50.1 Å². The van der Waals surface area contributed by atoms with Gasteiger partial charge in [-0.25, -0.2) is 0 Å². The van der Waals surface area contributed by atoms with Crippen molar-refractivity contribution in [3.63, 3.8) is 0 Å². The van der Waals surface area contributed by atoms with E-state index in [1.54, 1.807) is 6.92 Å². The van der Waals surface area contributed by atoms with Crippen molar-refractivity contribution in [3.05, 3.63) is 0 Å². The van der Waals surface area contributed by atoms with Gasteiger partial charge in [0.2, 0.25) is 0 Å². The zero-order valence-corrected chi connectivity index (χ0v) is 9.25. The van der Waals surface area contributed by atoms with Gasteiger partial charge in [-0.15, -0.1) is 0 Å². The Morgan fingerprint density at radius 3 is 2.57 bits per heavy atom. The highest BCUT2D eigenvalue weighted by molar-refractivity contribution is 5.75. The lowest BCUT2D eigenvalue weighted by molar-refractivity contribution is -0.147. The number of nitrogens with zero attached hydrogens (tertiary/aromatic N) is 1. The number of hydrogen-bond donors (Lipinski definition) is 0. The average Bonchev–Trinajstić information content (AvgIpc) is 2.16. The molecule has 0 amide bonds. The van der Waals surface area contributed by atoms with Gasteiger partial charge in [0.15, 0.2) is 0 Å². The second-order valence-electron chi connectivity index (χ2n) is 3.48. The number of rotatable bonds is 6. The van der Waals surface area contributed by atoms with E-state index in [0.717, 1.165) is 19.3 Å². The van der Waals surface area contributed by atoms with Crippen molar-refractivity contribution in [2.45, 2.75) is 40.0 Å². The zero-order valence-electron chi connectivity index (χ0n) is 9.25. The molecular weight excluding hydrogens is 178 g/mol. The summed E-state index contributed by atoms with van der Waals surface area (Å²) in [6, 6.07) is 2.02. The van der Waals surface area contributed by atoms with Gasteiger partial charge >= 0.3 is 5.97 Å². The van der Waals surface area contributed by atoms with Gasteiger partial charge < -0.3 is 4.74 Å². The van der Waals surface area contributed by atoms with Gasteiger partial charge in [0.1, 0.15) is 5.92 Å². The number of nitriles is 1. The minimum absolute atomic E-state index is 0.0963. The summed E-state index contributed by atoms with van der Waals surface area (Å²) in [6.45, 7) is 6.12. The summed E-state index contributed by atoms with van der Waals surface area (Å²) in [4.78, 5) is 11.3. The van der Waals surface area contributed by atoms with Crippen molar-refractivity contribution in [1.29, 1.82) is 5.26 Å². The molecule has 0 aliphatic heterocycles. The van der Waals surface area contributed by atoms with Gasteiger partial charge in [0, 0.05) is 0 Å². The number of carbonyl (C=O) groups excluding carboxylic acids is 1. The largest absolute Gasteiger partial charge is 0.465 e. The van der Waals surface area contributed by atoms with Gasteiger partial charge in [-0.05, 0) is 19.3 Å². The van der Waals surface area contributed by atoms with E-state index in [2.05, 4.69) is 6.92 Å². The van der Waals surface area contributed by atoms with E-state index in [-0.39, 0.29) is 11.9 Å². The lowest BCUT2D eigenvalue weighted by atomic mass is 9.91. The molecule has 0 N–H and O–H groups in total. The first-order valence-electron chi connectivity index (χ1n) is 5.23. The first-order chi connectivity index (χ1) is 6.67. The molecule has 0 aromatic rings. The second kappa shape index (κ2) is 7.37. The number of unbranched alkanes of at least 4 members (excludes halogenated alkanes) is 1. The summed E-state index contributed by atoms with van der Waals surface area (Å²) in [7, 11) is 0. The highest BCUT2D eigenvalue weighted by Crippen LogP contribution is 2.18. The van der Waals surface area contributed by atoms with Crippen LogP contribution < -0.4 is 0 Å². The predicted molar refractivity (Wildman–Crippen MR) is 54.4 cm³/mol. The summed E-state index contributed by atoms with van der Waals surface area (Å²) in [5.74, 6) is -0.876. The molecule has 0 aliphatic carbocycles. The van der Waals surface area contributed by atoms with Crippen LogP contribution in [0.15, 0.2) is 0 Å². The monoisotopic (exact) mass is 197 g/mol. The molecule has 3 nitrogen and oxygen atoms in total. The SMILES string of the molecule is CCCCC(C)C(C#N)C(=O)OCC. The van der Waals surface area contributed by atoms with Crippen LogP contribution in [-0.2, 0) is 9.53 Å². The molecule has 2 atom stereocenters. The fourth-order valence-corrected chi connectivity index (χ4v) is 1.34. The summed E-state index contributed by atoms with van der Waals surface area (Å²) < 4.78 is 4.83. The van der Waals surface area contributed by atoms with Crippen molar-refractivity contribution >= 4 is 5.97 Å². The quantitative estimate of drug-likeness (QED) is 0.615. The molecule has 0 radical (unpaired) electrons. The van der Waals surface area contributed by atoms with E-state index >= 15 is 0 Å². The van der Waals surface area contributed by atoms with E-state index in [1.807, 2.05) is 13.0 Å². The van der Waals surface area contributed by atoms with Gasteiger partial charge in [-0.3, -0.25) is 4.79 Å². The van der Waals surface area contributed by atoms with E-state index < -0.39 is 5.92 Å². The van der Waals surface area contributed by atoms with Crippen LogP contribution in [0, 0.1) is 23.2 Å². The Kier molecular flexibility index (Phi) is 6.82. The predicted octanol–water partition coefficient (Wildman–Crippen LogP) is 2.52. The highest BCUT2D eigenvalue weighted by atomic mass is 16.5. The van der Waals surface area contributed by atoms with Crippen LogP contribution in [0.2, 0.25) is 0 Å². The minimum Gasteiger partial charge on any atom is -0.465 e. The maximum atomic E-state index is 11.3. The Hall–Kier alpha value is -1.04. The minimum atomic E-state index is -0.596. The maximum Gasteiger partial charge on any atom is 0.323 e. The zero-order chi connectivity index (χ0) is 11.0. The molecule has 2 unspecified atom stereocenters. The van der Waals surface area contributed by atoms with Gasteiger partial charge in [0.05, 0.1) is 12.7 Å². The van der Waals surface area contributed by atoms with Gasteiger partial charge in [-0.1, -0.05) is 26.7 Å². The molecule has 0 spiro atoms. The lowest BCUT2D eigenvalue weighted by Crippen LogP contribution is -2.22. The molecule has 0 heterocycles. The lowest BCUT2D eigenvalue weighted by Gasteiger charge is -2.15.